The summed E-state index contributed by atoms with van der Waals surface area (Å²) in [5.74, 6) is 0. The summed E-state index contributed by atoms with van der Waals surface area (Å²) in [6, 6.07) is 15.2. The smallest absolute Gasteiger partial charge is 0.187 e. The first-order valence-electron chi connectivity index (χ1n) is 7.34. The first-order valence-corrected chi connectivity index (χ1v) is 8.22. The number of nitrogens with zero attached hydrogens (tertiary/aromatic N) is 1. The van der Waals surface area contributed by atoms with E-state index in [1.165, 1.54) is 29.3 Å². The zero-order valence-electron chi connectivity index (χ0n) is 11.7. The SMILES string of the molecule is c1ccc2c(Nc3nc(C4CCCN4)cs3)cccc2c1. The molecule has 0 saturated carbocycles. The summed E-state index contributed by atoms with van der Waals surface area (Å²) in [6.07, 6.45) is 2.44. The van der Waals surface area contributed by atoms with E-state index in [-0.39, 0.29) is 0 Å². The fraction of sp³-hybridized carbons (Fsp3) is 0.235. The van der Waals surface area contributed by atoms with Gasteiger partial charge in [0.2, 0.25) is 0 Å². The molecule has 0 aliphatic carbocycles. The molecule has 0 amide bonds. The summed E-state index contributed by atoms with van der Waals surface area (Å²) in [6.45, 7) is 1.11. The third kappa shape index (κ3) is 2.52. The lowest BCUT2D eigenvalue weighted by atomic mass is 10.1. The van der Waals surface area contributed by atoms with Crippen molar-refractivity contribution in [3.8, 4) is 0 Å². The minimum atomic E-state index is 0.435. The van der Waals surface area contributed by atoms with Gasteiger partial charge in [-0.25, -0.2) is 4.98 Å². The van der Waals surface area contributed by atoms with E-state index in [0.717, 1.165) is 17.4 Å². The highest BCUT2D eigenvalue weighted by Crippen LogP contribution is 2.30. The zero-order valence-corrected chi connectivity index (χ0v) is 12.5. The molecule has 0 radical (unpaired) electrons. The Labute approximate surface area is 128 Å². The summed E-state index contributed by atoms with van der Waals surface area (Å²) in [5.41, 5.74) is 2.29. The summed E-state index contributed by atoms with van der Waals surface area (Å²) in [5, 5.41) is 12.6. The molecule has 3 aromatic rings. The van der Waals surface area contributed by atoms with Gasteiger partial charge in [-0.3, -0.25) is 0 Å². The molecule has 1 fully saturated rings. The van der Waals surface area contributed by atoms with E-state index in [9.17, 15) is 0 Å². The normalized spacial score (nSPS) is 18.2. The van der Waals surface area contributed by atoms with Crippen molar-refractivity contribution in [1.82, 2.24) is 10.3 Å². The van der Waals surface area contributed by atoms with Crippen LogP contribution in [0.2, 0.25) is 0 Å². The van der Waals surface area contributed by atoms with Crippen molar-refractivity contribution in [1.29, 1.82) is 0 Å². The van der Waals surface area contributed by atoms with Crippen molar-refractivity contribution in [2.45, 2.75) is 18.9 Å². The Hall–Kier alpha value is -1.91. The topological polar surface area (TPSA) is 37.0 Å². The Bertz CT molecular complexity index is 754. The Morgan fingerprint density at radius 1 is 1.14 bits per heavy atom. The Balaban J connectivity index is 1.62. The van der Waals surface area contributed by atoms with Crippen LogP contribution in [-0.2, 0) is 0 Å². The van der Waals surface area contributed by atoms with Gasteiger partial charge >= 0.3 is 0 Å². The number of thiazole rings is 1. The van der Waals surface area contributed by atoms with Gasteiger partial charge in [0.05, 0.1) is 11.7 Å². The van der Waals surface area contributed by atoms with E-state index in [4.69, 9.17) is 4.98 Å². The average Bonchev–Trinajstić information content (AvgIpc) is 3.18. The predicted molar refractivity (Wildman–Crippen MR) is 89.3 cm³/mol. The molecule has 0 bridgehead atoms. The molecule has 1 aliphatic rings. The van der Waals surface area contributed by atoms with Crippen molar-refractivity contribution >= 4 is 32.9 Å². The van der Waals surface area contributed by atoms with Crippen LogP contribution in [0, 0.1) is 0 Å². The van der Waals surface area contributed by atoms with E-state index in [1.807, 2.05) is 0 Å². The largest absolute Gasteiger partial charge is 0.331 e. The van der Waals surface area contributed by atoms with Gasteiger partial charge in [0.1, 0.15) is 0 Å². The molecule has 3 nitrogen and oxygen atoms in total. The summed E-state index contributed by atoms with van der Waals surface area (Å²) >= 11 is 1.68. The van der Waals surface area contributed by atoms with Crippen LogP contribution < -0.4 is 10.6 Å². The number of anilines is 2. The molecule has 4 rings (SSSR count). The Morgan fingerprint density at radius 3 is 2.95 bits per heavy atom. The first-order chi connectivity index (χ1) is 10.4. The van der Waals surface area contributed by atoms with Gasteiger partial charge < -0.3 is 10.6 Å². The number of benzene rings is 2. The lowest BCUT2D eigenvalue weighted by Crippen LogP contribution is -2.13. The molecule has 4 heteroatoms. The fourth-order valence-corrected chi connectivity index (χ4v) is 3.67. The van der Waals surface area contributed by atoms with Crippen molar-refractivity contribution in [2.24, 2.45) is 0 Å². The fourth-order valence-electron chi connectivity index (χ4n) is 2.89. The molecule has 2 N–H and O–H groups in total. The number of rotatable bonds is 3. The van der Waals surface area contributed by atoms with Crippen molar-refractivity contribution in [3.63, 3.8) is 0 Å². The van der Waals surface area contributed by atoms with Crippen LogP contribution in [0.25, 0.3) is 10.8 Å². The minimum absolute atomic E-state index is 0.435. The van der Waals surface area contributed by atoms with E-state index in [1.54, 1.807) is 11.3 Å². The van der Waals surface area contributed by atoms with Crippen LogP contribution in [-0.4, -0.2) is 11.5 Å². The van der Waals surface area contributed by atoms with Gasteiger partial charge in [-0.2, -0.15) is 0 Å². The van der Waals surface area contributed by atoms with E-state index in [0.29, 0.717) is 6.04 Å². The molecule has 1 aromatic heterocycles. The van der Waals surface area contributed by atoms with Gasteiger partial charge in [0.25, 0.3) is 0 Å². The first kappa shape index (κ1) is 12.8. The molecule has 106 valence electrons. The Kier molecular flexibility index (Phi) is 3.33. The molecular weight excluding hydrogens is 278 g/mol. The second-order valence-corrected chi connectivity index (χ2v) is 6.24. The molecule has 1 atom stereocenters. The Morgan fingerprint density at radius 2 is 2.05 bits per heavy atom. The third-order valence-electron chi connectivity index (χ3n) is 3.97. The molecule has 1 saturated heterocycles. The maximum atomic E-state index is 4.74. The van der Waals surface area contributed by atoms with Gasteiger partial charge in [0, 0.05) is 16.5 Å². The number of fused-ring (bicyclic) bond motifs is 1. The highest BCUT2D eigenvalue weighted by Gasteiger charge is 2.18. The minimum Gasteiger partial charge on any atom is -0.331 e. The van der Waals surface area contributed by atoms with E-state index < -0.39 is 0 Å². The zero-order chi connectivity index (χ0) is 14.1. The summed E-state index contributed by atoms with van der Waals surface area (Å²) in [4.78, 5) is 4.74. The van der Waals surface area contributed by atoms with Crippen molar-refractivity contribution in [3.05, 3.63) is 53.5 Å². The third-order valence-corrected chi connectivity index (χ3v) is 4.75. The maximum absolute atomic E-state index is 4.74. The van der Waals surface area contributed by atoms with Crippen LogP contribution in [0.1, 0.15) is 24.6 Å². The molecule has 2 heterocycles. The highest BCUT2D eigenvalue weighted by atomic mass is 32.1. The van der Waals surface area contributed by atoms with E-state index >= 15 is 0 Å². The lowest BCUT2D eigenvalue weighted by molar-refractivity contribution is 0.632. The number of hydrogen-bond acceptors (Lipinski definition) is 4. The maximum Gasteiger partial charge on any atom is 0.187 e. The van der Waals surface area contributed by atoms with Crippen LogP contribution in [0.5, 0.6) is 0 Å². The number of aromatic nitrogens is 1. The van der Waals surface area contributed by atoms with E-state index in [2.05, 4.69) is 58.5 Å². The lowest BCUT2D eigenvalue weighted by Gasteiger charge is -2.08. The molecule has 1 aliphatic heterocycles. The van der Waals surface area contributed by atoms with Gasteiger partial charge in [-0.1, -0.05) is 36.4 Å². The second kappa shape index (κ2) is 5.47. The number of nitrogens with one attached hydrogen (secondary N) is 2. The van der Waals surface area contributed by atoms with Gasteiger partial charge in [-0.05, 0) is 30.8 Å². The van der Waals surface area contributed by atoms with Crippen molar-refractivity contribution in [2.75, 3.05) is 11.9 Å². The quantitative estimate of drug-likeness (QED) is 0.749. The van der Waals surface area contributed by atoms with Crippen LogP contribution in [0.15, 0.2) is 47.8 Å². The molecule has 21 heavy (non-hydrogen) atoms. The molecule has 0 spiro atoms. The van der Waals surface area contributed by atoms with Crippen LogP contribution in [0.3, 0.4) is 0 Å². The molecular formula is C17H17N3S. The highest BCUT2D eigenvalue weighted by molar-refractivity contribution is 7.13. The molecule has 2 aromatic carbocycles. The van der Waals surface area contributed by atoms with Crippen LogP contribution >= 0.6 is 11.3 Å². The summed E-state index contributed by atoms with van der Waals surface area (Å²) < 4.78 is 0. The van der Waals surface area contributed by atoms with Gasteiger partial charge in [-0.15, -0.1) is 11.3 Å². The van der Waals surface area contributed by atoms with Crippen LogP contribution in [0.4, 0.5) is 10.8 Å². The monoisotopic (exact) mass is 295 g/mol. The second-order valence-electron chi connectivity index (χ2n) is 5.38. The summed E-state index contributed by atoms with van der Waals surface area (Å²) in [7, 11) is 0. The predicted octanol–water partition coefficient (Wildman–Crippen LogP) is 4.46. The number of hydrogen-bond donors (Lipinski definition) is 2. The average molecular weight is 295 g/mol. The van der Waals surface area contributed by atoms with Crippen molar-refractivity contribution < 1.29 is 0 Å². The van der Waals surface area contributed by atoms with Gasteiger partial charge in [0.15, 0.2) is 5.13 Å². The molecule has 1 unspecified atom stereocenters. The standard InChI is InChI=1S/C17H17N3S/c1-2-7-13-12(5-1)6-3-8-14(13)19-17-20-16(11-21-17)15-9-4-10-18-15/h1-3,5-8,11,15,18H,4,9-10H2,(H,19,20).